The molecule has 1 N–H and O–H groups in total. The molecule has 1 aromatic heterocycles. The van der Waals surface area contributed by atoms with Gasteiger partial charge in [0.15, 0.2) is 5.13 Å². The average molecular weight is 395 g/mol. The number of nitrogens with one attached hydrogen (secondary N) is 1. The predicted octanol–water partition coefficient (Wildman–Crippen LogP) is 2.72. The van der Waals surface area contributed by atoms with E-state index in [4.69, 9.17) is 0 Å². The van der Waals surface area contributed by atoms with E-state index in [2.05, 4.69) is 25.5 Å². The first-order valence-corrected chi connectivity index (χ1v) is 9.18. The minimum Gasteiger partial charge on any atom is -0.348 e. The Hall–Kier alpha value is -0.560. The summed E-state index contributed by atoms with van der Waals surface area (Å²) in [6, 6.07) is 0.469. The first kappa shape index (κ1) is 21.5. The lowest BCUT2D eigenvalue weighted by molar-refractivity contribution is -0.137. The van der Waals surface area contributed by atoms with Crippen LogP contribution in [0.4, 0.5) is 5.13 Å². The smallest absolute Gasteiger partial charge is 0.225 e. The lowest BCUT2D eigenvalue weighted by Gasteiger charge is -2.37. The van der Waals surface area contributed by atoms with Crippen molar-refractivity contribution in [2.24, 2.45) is 5.92 Å². The number of nitrogens with zero attached hydrogens (tertiary/aromatic N) is 3. The Bertz CT molecular complexity index is 520. The molecule has 2 aliphatic rings. The van der Waals surface area contributed by atoms with Gasteiger partial charge in [0, 0.05) is 43.5 Å². The molecule has 0 radical (unpaired) electrons. The van der Waals surface area contributed by atoms with E-state index in [1.807, 2.05) is 14.0 Å². The normalized spacial score (nSPS) is 21.8. The molecule has 1 aromatic rings. The Kier molecular flexibility index (Phi) is 8.77. The zero-order valence-electron chi connectivity index (χ0n) is 14.4. The number of aromatic nitrogens is 1. The minimum atomic E-state index is 0. The zero-order valence-corrected chi connectivity index (χ0v) is 16.8. The molecular formula is C16H28Cl2N4OS. The van der Waals surface area contributed by atoms with E-state index in [0.29, 0.717) is 11.9 Å². The van der Waals surface area contributed by atoms with E-state index in [0.717, 1.165) is 56.3 Å². The minimum absolute atomic E-state index is 0. The number of halogens is 2. The first-order valence-electron chi connectivity index (χ1n) is 8.30. The van der Waals surface area contributed by atoms with Crippen molar-refractivity contribution in [1.82, 2.24) is 15.2 Å². The number of rotatable bonds is 3. The van der Waals surface area contributed by atoms with Gasteiger partial charge < -0.3 is 15.1 Å². The average Bonchev–Trinajstić information content (AvgIpc) is 3.01. The second-order valence-electron chi connectivity index (χ2n) is 6.44. The van der Waals surface area contributed by atoms with Crippen LogP contribution in [0.5, 0.6) is 0 Å². The molecule has 2 fully saturated rings. The molecule has 0 aromatic carbocycles. The molecule has 1 atom stereocenters. The van der Waals surface area contributed by atoms with Crippen LogP contribution in [0.3, 0.4) is 0 Å². The molecule has 2 saturated heterocycles. The Balaban J connectivity index is 0.00000144. The fourth-order valence-corrected chi connectivity index (χ4v) is 4.33. The summed E-state index contributed by atoms with van der Waals surface area (Å²) in [6.07, 6.45) is 4.22. The van der Waals surface area contributed by atoms with Gasteiger partial charge in [0.05, 0.1) is 5.69 Å². The molecular weight excluding hydrogens is 367 g/mol. The van der Waals surface area contributed by atoms with Gasteiger partial charge in [0.2, 0.25) is 5.91 Å². The fourth-order valence-electron chi connectivity index (χ4n) is 3.48. The number of piperidine rings is 2. The quantitative estimate of drug-likeness (QED) is 0.855. The van der Waals surface area contributed by atoms with Gasteiger partial charge in [-0.3, -0.25) is 4.79 Å². The largest absolute Gasteiger partial charge is 0.348 e. The van der Waals surface area contributed by atoms with Crippen molar-refractivity contribution in [3.05, 3.63) is 11.1 Å². The Morgan fingerprint density at radius 2 is 1.96 bits per heavy atom. The van der Waals surface area contributed by atoms with E-state index < -0.39 is 0 Å². The van der Waals surface area contributed by atoms with Crippen LogP contribution < -0.4 is 10.2 Å². The highest BCUT2D eigenvalue weighted by molar-refractivity contribution is 7.13. The maximum absolute atomic E-state index is 12.7. The SMILES string of the molecule is CNC1CCCN(C(=O)C2CCN(c3nc(C)cs3)CC2)C1.Cl.Cl. The molecule has 2 aliphatic heterocycles. The molecule has 0 bridgehead atoms. The van der Waals surface area contributed by atoms with Crippen molar-refractivity contribution >= 4 is 47.2 Å². The fraction of sp³-hybridized carbons (Fsp3) is 0.750. The molecule has 1 amide bonds. The number of hydrogen-bond donors (Lipinski definition) is 1. The zero-order chi connectivity index (χ0) is 15.5. The van der Waals surface area contributed by atoms with Crippen LogP contribution >= 0.6 is 36.2 Å². The van der Waals surface area contributed by atoms with Crippen LogP contribution in [0.1, 0.15) is 31.4 Å². The summed E-state index contributed by atoms with van der Waals surface area (Å²) in [5.41, 5.74) is 1.09. The van der Waals surface area contributed by atoms with Crippen LogP contribution in [-0.2, 0) is 4.79 Å². The van der Waals surface area contributed by atoms with E-state index in [9.17, 15) is 4.79 Å². The molecule has 24 heavy (non-hydrogen) atoms. The van der Waals surface area contributed by atoms with Crippen molar-refractivity contribution < 1.29 is 4.79 Å². The molecule has 0 spiro atoms. The van der Waals surface area contributed by atoms with Crippen LogP contribution in [0, 0.1) is 12.8 Å². The number of likely N-dealkylation sites (tertiary alicyclic amines) is 1. The van der Waals surface area contributed by atoms with Gasteiger partial charge in [-0.1, -0.05) is 0 Å². The molecule has 1 unspecified atom stereocenters. The molecule has 0 aliphatic carbocycles. The molecule has 8 heteroatoms. The third-order valence-electron chi connectivity index (χ3n) is 4.86. The summed E-state index contributed by atoms with van der Waals surface area (Å²) in [5, 5.41) is 6.52. The maximum Gasteiger partial charge on any atom is 0.225 e. The molecule has 5 nitrogen and oxygen atoms in total. The number of thiazole rings is 1. The predicted molar refractivity (Wildman–Crippen MR) is 105 cm³/mol. The van der Waals surface area contributed by atoms with Crippen molar-refractivity contribution in [1.29, 1.82) is 0 Å². The standard InChI is InChI=1S/C16H26N4OS.2ClH/c1-12-11-22-16(18-12)19-8-5-13(6-9-19)15(21)20-7-3-4-14(10-20)17-2;;/h11,13-14,17H,3-10H2,1-2H3;2*1H. The topological polar surface area (TPSA) is 48.5 Å². The van der Waals surface area contributed by atoms with Crippen LogP contribution in [0.2, 0.25) is 0 Å². The lowest BCUT2D eigenvalue weighted by Crippen LogP contribution is -2.50. The van der Waals surface area contributed by atoms with Gasteiger partial charge in [-0.2, -0.15) is 0 Å². The van der Waals surface area contributed by atoms with Crippen LogP contribution in [-0.4, -0.2) is 55.1 Å². The summed E-state index contributed by atoms with van der Waals surface area (Å²) >= 11 is 1.71. The van der Waals surface area contributed by atoms with Crippen molar-refractivity contribution in [3.63, 3.8) is 0 Å². The first-order chi connectivity index (χ1) is 10.7. The van der Waals surface area contributed by atoms with E-state index >= 15 is 0 Å². The van der Waals surface area contributed by atoms with E-state index in [-0.39, 0.29) is 30.7 Å². The summed E-state index contributed by atoms with van der Waals surface area (Å²) in [4.78, 5) is 21.7. The number of aryl methyl sites for hydroxylation is 1. The maximum atomic E-state index is 12.7. The Morgan fingerprint density at radius 3 is 2.54 bits per heavy atom. The second-order valence-corrected chi connectivity index (χ2v) is 7.28. The summed E-state index contributed by atoms with van der Waals surface area (Å²) in [6.45, 7) is 5.74. The third-order valence-corrected chi connectivity index (χ3v) is 5.88. The van der Waals surface area contributed by atoms with Crippen LogP contribution in [0.15, 0.2) is 5.38 Å². The number of likely N-dealkylation sites (N-methyl/N-ethyl adjacent to an activating group) is 1. The van der Waals surface area contributed by atoms with Crippen LogP contribution in [0.25, 0.3) is 0 Å². The Morgan fingerprint density at radius 1 is 1.25 bits per heavy atom. The van der Waals surface area contributed by atoms with Crippen molar-refractivity contribution in [2.45, 2.75) is 38.6 Å². The number of anilines is 1. The van der Waals surface area contributed by atoms with Gasteiger partial charge in [-0.05, 0) is 39.7 Å². The van der Waals surface area contributed by atoms with Crippen molar-refractivity contribution in [3.8, 4) is 0 Å². The number of carbonyl (C=O) groups excluding carboxylic acids is 1. The van der Waals surface area contributed by atoms with Gasteiger partial charge >= 0.3 is 0 Å². The monoisotopic (exact) mass is 394 g/mol. The number of amides is 1. The summed E-state index contributed by atoms with van der Waals surface area (Å²) in [7, 11) is 1.99. The van der Waals surface area contributed by atoms with E-state index in [1.54, 1.807) is 11.3 Å². The van der Waals surface area contributed by atoms with Gasteiger partial charge in [-0.25, -0.2) is 4.98 Å². The third kappa shape index (κ3) is 4.97. The second kappa shape index (κ2) is 9.80. The molecule has 3 heterocycles. The van der Waals surface area contributed by atoms with Crippen molar-refractivity contribution in [2.75, 3.05) is 38.1 Å². The van der Waals surface area contributed by atoms with Gasteiger partial charge in [0.1, 0.15) is 0 Å². The Labute approximate surface area is 161 Å². The highest BCUT2D eigenvalue weighted by Gasteiger charge is 2.31. The number of carbonyl (C=O) groups is 1. The summed E-state index contributed by atoms with van der Waals surface area (Å²) < 4.78 is 0. The number of hydrogen-bond acceptors (Lipinski definition) is 5. The van der Waals surface area contributed by atoms with E-state index in [1.165, 1.54) is 6.42 Å². The highest BCUT2D eigenvalue weighted by Crippen LogP contribution is 2.27. The summed E-state index contributed by atoms with van der Waals surface area (Å²) in [5.74, 6) is 0.572. The highest BCUT2D eigenvalue weighted by atomic mass is 35.5. The molecule has 138 valence electrons. The lowest BCUT2D eigenvalue weighted by atomic mass is 9.94. The molecule has 3 rings (SSSR count). The van der Waals surface area contributed by atoms with Gasteiger partial charge in [0.25, 0.3) is 0 Å². The molecule has 0 saturated carbocycles. The van der Waals surface area contributed by atoms with Gasteiger partial charge in [-0.15, -0.1) is 36.2 Å².